The third kappa shape index (κ3) is 7.74. The molecule has 4 nitrogen and oxygen atoms in total. The van der Waals surface area contributed by atoms with Crippen molar-refractivity contribution in [2.75, 3.05) is 0 Å². The Morgan fingerprint density at radius 2 is 0.684 bits per heavy atom. The Morgan fingerprint density at radius 1 is 0.237 bits per heavy atom. The van der Waals surface area contributed by atoms with Crippen LogP contribution in [0.4, 0.5) is 0 Å². The van der Waals surface area contributed by atoms with Crippen LogP contribution >= 0.6 is 0 Å². The number of benzene rings is 13. The van der Waals surface area contributed by atoms with Gasteiger partial charge in [0, 0.05) is 22.3 Å². The first-order valence-electron chi connectivity index (χ1n) is 25.6. The molecule has 1 heterocycles. The quantitative estimate of drug-likeness (QED) is 0.142. The molecule has 0 saturated heterocycles. The molecule has 0 saturated carbocycles. The maximum absolute atomic E-state index is 10.7. The highest BCUT2D eigenvalue weighted by molar-refractivity contribution is 6.25. The Labute approximate surface area is 440 Å². The van der Waals surface area contributed by atoms with E-state index in [0.717, 1.165) is 66.8 Å². The topological polar surface area (TPSA) is 62.5 Å². The van der Waals surface area contributed by atoms with Gasteiger partial charge in [-0.2, -0.15) is 5.26 Å². The molecule has 352 valence electrons. The summed E-state index contributed by atoms with van der Waals surface area (Å²) in [5.41, 5.74) is 13.7. The van der Waals surface area contributed by atoms with Crippen LogP contribution in [-0.2, 0) is 0 Å². The summed E-state index contributed by atoms with van der Waals surface area (Å²) in [5, 5.41) is 23.1. The molecule has 0 amide bonds. The summed E-state index contributed by atoms with van der Waals surface area (Å²) < 4.78 is 0. The SMILES string of the molecule is N#Cc1cccc(-c2ccccc2-c2cccc(-c3nc(-c4ccccc4)nc(-c4ccc(-c5cc6ccccc6c6ccccc56)cc4)n3)c2)c1-c1ccc(-c2ccc3c4ccccc4c4ccccc4c3c2)cc1. The Kier molecular flexibility index (Phi) is 10.9. The summed E-state index contributed by atoms with van der Waals surface area (Å²) in [6.45, 7) is 0. The molecule has 4 heteroatoms. The normalized spacial score (nSPS) is 11.4. The number of nitriles is 1. The van der Waals surface area contributed by atoms with Crippen molar-refractivity contribution in [1.82, 2.24) is 15.0 Å². The molecule has 14 rings (SSSR count). The zero-order chi connectivity index (χ0) is 50.5. The fourth-order valence-electron chi connectivity index (χ4n) is 11.3. The van der Waals surface area contributed by atoms with Gasteiger partial charge in [0.2, 0.25) is 0 Å². The van der Waals surface area contributed by atoms with Crippen molar-refractivity contribution in [3.63, 3.8) is 0 Å². The van der Waals surface area contributed by atoms with E-state index in [4.69, 9.17) is 15.0 Å². The second-order valence-electron chi connectivity index (χ2n) is 19.3. The van der Waals surface area contributed by atoms with Crippen molar-refractivity contribution in [2.45, 2.75) is 0 Å². The molecule has 76 heavy (non-hydrogen) atoms. The van der Waals surface area contributed by atoms with Gasteiger partial charge < -0.3 is 0 Å². The zero-order valence-corrected chi connectivity index (χ0v) is 41.2. The highest BCUT2D eigenvalue weighted by Crippen LogP contribution is 2.43. The average molecular weight is 965 g/mol. The van der Waals surface area contributed by atoms with E-state index >= 15 is 0 Å². The number of hydrogen-bond donors (Lipinski definition) is 0. The molecule has 0 bridgehead atoms. The number of hydrogen-bond acceptors (Lipinski definition) is 4. The summed E-state index contributed by atoms with van der Waals surface area (Å²) in [6.07, 6.45) is 0. The van der Waals surface area contributed by atoms with Crippen LogP contribution in [0.3, 0.4) is 0 Å². The van der Waals surface area contributed by atoms with Crippen molar-refractivity contribution in [2.24, 2.45) is 0 Å². The van der Waals surface area contributed by atoms with E-state index in [9.17, 15) is 5.26 Å². The summed E-state index contributed by atoms with van der Waals surface area (Å²) in [5.74, 6) is 1.77. The largest absolute Gasteiger partial charge is 0.208 e. The lowest BCUT2D eigenvalue weighted by Crippen LogP contribution is -2.00. The van der Waals surface area contributed by atoms with Gasteiger partial charge >= 0.3 is 0 Å². The maximum Gasteiger partial charge on any atom is 0.164 e. The van der Waals surface area contributed by atoms with Crippen molar-refractivity contribution in [3.8, 4) is 95.9 Å². The van der Waals surface area contributed by atoms with Crippen LogP contribution in [0.25, 0.3) is 144 Å². The number of aromatic nitrogens is 3. The van der Waals surface area contributed by atoms with Gasteiger partial charge in [-0.25, -0.2) is 15.0 Å². The van der Waals surface area contributed by atoms with E-state index < -0.39 is 0 Å². The zero-order valence-electron chi connectivity index (χ0n) is 41.2. The van der Waals surface area contributed by atoms with Gasteiger partial charge in [-0.1, -0.05) is 243 Å². The lowest BCUT2D eigenvalue weighted by atomic mass is 9.86. The predicted molar refractivity (Wildman–Crippen MR) is 316 cm³/mol. The van der Waals surface area contributed by atoms with Gasteiger partial charge in [0.05, 0.1) is 11.6 Å². The number of fused-ring (bicyclic) bond motifs is 9. The van der Waals surface area contributed by atoms with E-state index in [2.05, 4.69) is 231 Å². The van der Waals surface area contributed by atoms with Crippen LogP contribution in [0, 0.1) is 11.3 Å². The minimum absolute atomic E-state index is 0.577. The number of nitrogens with zero attached hydrogens (tertiary/aromatic N) is 4. The lowest BCUT2D eigenvalue weighted by Gasteiger charge is -2.17. The van der Waals surface area contributed by atoms with Crippen LogP contribution in [0.2, 0.25) is 0 Å². The molecule has 0 aliphatic carbocycles. The monoisotopic (exact) mass is 964 g/mol. The van der Waals surface area contributed by atoms with Gasteiger partial charge in [-0.3, -0.25) is 0 Å². The first kappa shape index (κ1) is 44.4. The van der Waals surface area contributed by atoms with Gasteiger partial charge in [0.15, 0.2) is 17.5 Å². The molecule has 0 aliphatic heterocycles. The fourth-order valence-corrected chi connectivity index (χ4v) is 11.3. The molecule has 0 spiro atoms. The molecule has 0 fully saturated rings. The van der Waals surface area contributed by atoms with E-state index in [-0.39, 0.29) is 0 Å². The van der Waals surface area contributed by atoms with E-state index in [0.29, 0.717) is 23.0 Å². The third-order valence-corrected chi connectivity index (χ3v) is 15.0. The summed E-state index contributed by atoms with van der Waals surface area (Å²) in [6, 6.07) is 96.5. The van der Waals surface area contributed by atoms with Crippen LogP contribution in [0.1, 0.15) is 5.56 Å². The van der Waals surface area contributed by atoms with Gasteiger partial charge in [0.25, 0.3) is 0 Å². The van der Waals surface area contributed by atoms with E-state index in [1.807, 2.05) is 42.5 Å². The Bertz CT molecular complexity index is 4590. The minimum atomic E-state index is 0.577. The molecule has 0 radical (unpaired) electrons. The third-order valence-electron chi connectivity index (χ3n) is 15.0. The van der Waals surface area contributed by atoms with Crippen molar-refractivity contribution in [3.05, 3.63) is 272 Å². The smallest absolute Gasteiger partial charge is 0.164 e. The molecule has 0 atom stereocenters. The maximum atomic E-state index is 10.7. The van der Waals surface area contributed by atoms with Crippen molar-refractivity contribution in [1.29, 1.82) is 5.26 Å². The fraction of sp³-hybridized carbons (Fsp3) is 0. The molecular weight excluding hydrogens is 921 g/mol. The lowest BCUT2D eigenvalue weighted by molar-refractivity contribution is 1.07. The second kappa shape index (κ2) is 18.6. The van der Waals surface area contributed by atoms with Gasteiger partial charge in [0.1, 0.15) is 0 Å². The van der Waals surface area contributed by atoms with Gasteiger partial charge in [-0.05, 0) is 128 Å². The molecule has 13 aromatic carbocycles. The van der Waals surface area contributed by atoms with E-state index in [1.165, 1.54) is 59.4 Å². The standard InChI is InChI=1S/C72H44N4/c73-45-55-21-15-31-66(69(55)48-36-32-46(33-37-48)51-40-41-65-62-28-10-9-26-60(62)61-27-11-13-30-64(61)68(65)43-51)59-25-7-6-23-56(59)52-19-14-20-54(42-52)72-75-70(49-16-2-1-3-17-49)74-71(76-72)50-38-34-47(35-39-50)67-44-53-18-4-5-22-57(53)58-24-8-12-29-63(58)67/h1-44H. The molecule has 0 aliphatic rings. The van der Waals surface area contributed by atoms with Crippen LogP contribution < -0.4 is 0 Å². The molecule has 0 unspecified atom stereocenters. The summed E-state index contributed by atoms with van der Waals surface area (Å²) >= 11 is 0. The Morgan fingerprint density at radius 3 is 1.37 bits per heavy atom. The van der Waals surface area contributed by atoms with E-state index in [1.54, 1.807) is 0 Å². The summed E-state index contributed by atoms with van der Waals surface area (Å²) in [7, 11) is 0. The Balaban J connectivity index is 0.828. The minimum Gasteiger partial charge on any atom is -0.208 e. The van der Waals surface area contributed by atoms with Crippen LogP contribution in [0.5, 0.6) is 0 Å². The molecule has 14 aromatic rings. The number of rotatable bonds is 8. The van der Waals surface area contributed by atoms with Crippen LogP contribution in [0.15, 0.2) is 267 Å². The highest BCUT2D eigenvalue weighted by Gasteiger charge is 2.19. The summed E-state index contributed by atoms with van der Waals surface area (Å²) in [4.78, 5) is 15.4. The first-order chi connectivity index (χ1) is 37.6. The average Bonchev–Trinajstić information content (AvgIpc) is 3.51. The Hall–Kier alpha value is -10.3. The van der Waals surface area contributed by atoms with Crippen molar-refractivity contribution < 1.29 is 0 Å². The van der Waals surface area contributed by atoms with Gasteiger partial charge in [-0.15, -0.1) is 0 Å². The molecule has 1 aromatic heterocycles. The molecular formula is C72H44N4. The molecule has 0 N–H and O–H groups in total. The highest BCUT2D eigenvalue weighted by atomic mass is 15.0. The predicted octanol–water partition coefficient (Wildman–Crippen LogP) is 18.8. The van der Waals surface area contributed by atoms with Crippen LogP contribution in [-0.4, -0.2) is 15.0 Å². The first-order valence-corrected chi connectivity index (χ1v) is 25.6. The second-order valence-corrected chi connectivity index (χ2v) is 19.3. The van der Waals surface area contributed by atoms with Crippen molar-refractivity contribution >= 4 is 53.9 Å².